The minimum absolute atomic E-state index is 0.322. The normalized spacial score (nSPS) is 16.5. The summed E-state index contributed by atoms with van der Waals surface area (Å²) in [4.78, 5) is 0. The molecule has 12 nitrogen and oxygen atoms in total. The Bertz CT molecular complexity index is 2720. The molecule has 0 spiro atoms. The van der Waals surface area contributed by atoms with E-state index < -0.39 is 0 Å². The summed E-state index contributed by atoms with van der Waals surface area (Å²) in [6, 6.07) is 50.0. The molecule has 4 heterocycles. The first-order valence-corrected chi connectivity index (χ1v) is 26.5. The number of para-hydroxylation sites is 4. The minimum Gasteiger partial charge on any atom is -0.491 e. The molecule has 0 saturated carbocycles. The Morgan fingerprint density at radius 3 is 0.605 bits per heavy atom. The molecule has 0 amide bonds. The van der Waals surface area contributed by atoms with E-state index in [-0.39, 0.29) is 0 Å². The maximum Gasteiger partial charge on any atom is 0.161 e. The lowest BCUT2D eigenvalue weighted by molar-refractivity contribution is 0.0696. The Morgan fingerprint density at radius 2 is 0.395 bits per heavy atom. The predicted molar refractivity (Wildman–Crippen MR) is 292 cm³/mol. The van der Waals surface area contributed by atoms with E-state index in [1.807, 2.05) is 48.5 Å². The van der Waals surface area contributed by atoms with Gasteiger partial charge < -0.3 is 56.8 Å². The fourth-order valence-electron chi connectivity index (χ4n) is 10.1. The van der Waals surface area contributed by atoms with Crippen LogP contribution in [-0.4, -0.2) is 106 Å². The van der Waals surface area contributed by atoms with Crippen LogP contribution in [0.4, 0.5) is 0 Å². The number of hydrogen-bond acceptors (Lipinski definition) is 12. The first-order chi connectivity index (χ1) is 37.7. The standard InChI is InChI=1S/C64H64O12/c1-2-10-46-42-58-57(41-45(46)9-1)69-29-21-65-25-33-73-61-49-13-5-14-50(61)38-54-18-8-20-56-40-52-16-6-15-51(62(52)74-34-26-66-22-30-70-58)39-55-19-7-17-53(37-49)63(55)75-35-27-67-23-31-71-59-43-47-11-3-4-12-48(47)44-60(59)72-32-24-68-28-36-76-64(54)56/h1-20,41-44H,21-40H2. The van der Waals surface area contributed by atoms with Crippen molar-refractivity contribution in [3.8, 4) is 46.0 Å². The van der Waals surface area contributed by atoms with Crippen LogP contribution >= 0.6 is 0 Å². The Morgan fingerprint density at radius 1 is 0.197 bits per heavy atom. The molecule has 0 unspecified atom stereocenters. The molecule has 4 aliphatic heterocycles. The molecule has 0 aromatic heterocycles. The van der Waals surface area contributed by atoms with Crippen molar-refractivity contribution in [2.75, 3.05) is 106 Å². The van der Waals surface area contributed by atoms with Crippen LogP contribution in [0.25, 0.3) is 21.5 Å². The van der Waals surface area contributed by atoms with Gasteiger partial charge in [0.1, 0.15) is 75.9 Å². The Balaban J connectivity index is 0.949. The van der Waals surface area contributed by atoms with Crippen molar-refractivity contribution in [1.82, 2.24) is 0 Å². The van der Waals surface area contributed by atoms with Gasteiger partial charge in [0.05, 0.1) is 52.9 Å². The Hall–Kier alpha value is -7.48. The van der Waals surface area contributed by atoms with E-state index >= 15 is 0 Å². The van der Waals surface area contributed by atoms with Crippen molar-refractivity contribution >= 4 is 21.5 Å². The molecule has 76 heavy (non-hydrogen) atoms. The molecule has 0 N–H and O–H groups in total. The minimum atomic E-state index is 0.322. The highest BCUT2D eigenvalue weighted by molar-refractivity contribution is 5.87. The van der Waals surface area contributed by atoms with Gasteiger partial charge in [0.2, 0.25) is 0 Å². The lowest BCUT2D eigenvalue weighted by Gasteiger charge is -2.23. The maximum atomic E-state index is 6.86. The zero-order chi connectivity index (χ0) is 51.1. The van der Waals surface area contributed by atoms with Crippen LogP contribution in [0.2, 0.25) is 0 Å². The van der Waals surface area contributed by atoms with E-state index in [4.69, 9.17) is 56.8 Å². The summed E-state index contributed by atoms with van der Waals surface area (Å²) in [7, 11) is 0. The average molecular weight is 1030 g/mol. The van der Waals surface area contributed by atoms with E-state index in [2.05, 4.69) is 97.1 Å². The van der Waals surface area contributed by atoms with Crippen molar-refractivity contribution in [3.05, 3.63) is 190 Å². The number of hydrogen-bond donors (Lipinski definition) is 0. The summed E-state index contributed by atoms with van der Waals surface area (Å²) in [6.45, 7) is 5.44. The largest absolute Gasteiger partial charge is 0.491 e. The quantitative estimate of drug-likeness (QED) is 0.135. The SMILES string of the molecule is c1cc2c3c(c1)Cc1cccc4c1OCCOCCOc1cc5ccccc5cc1OCCOCCOc1c(cccc1Cc1cccc(c1OCCOCCOc1cc5ccccc5cc1OCCOCCO3)C4)C2. The van der Waals surface area contributed by atoms with Crippen molar-refractivity contribution in [2.45, 2.75) is 25.7 Å². The predicted octanol–water partition coefficient (Wildman–Crippen LogP) is 11.2. The second kappa shape index (κ2) is 25.4. The third kappa shape index (κ3) is 12.6. The number of rotatable bonds is 0. The van der Waals surface area contributed by atoms with Crippen LogP contribution in [0.1, 0.15) is 44.5 Å². The van der Waals surface area contributed by atoms with Crippen molar-refractivity contribution in [1.29, 1.82) is 0 Å². The fourth-order valence-corrected chi connectivity index (χ4v) is 10.1. The summed E-state index contributed by atoms with van der Waals surface area (Å²) in [5.41, 5.74) is 8.20. The first-order valence-electron chi connectivity index (χ1n) is 26.5. The van der Waals surface area contributed by atoms with Crippen molar-refractivity contribution in [2.24, 2.45) is 0 Å². The lowest BCUT2D eigenvalue weighted by atomic mass is 9.91. The van der Waals surface area contributed by atoms with Gasteiger partial charge in [0.15, 0.2) is 23.0 Å². The Labute approximate surface area is 444 Å². The third-order valence-corrected chi connectivity index (χ3v) is 13.7. The average Bonchev–Trinajstić information content (AvgIpc) is 3.44. The van der Waals surface area contributed by atoms with Gasteiger partial charge in [0.25, 0.3) is 0 Å². The van der Waals surface area contributed by atoms with Crippen LogP contribution in [-0.2, 0) is 44.6 Å². The van der Waals surface area contributed by atoms with E-state index in [0.717, 1.165) is 89.1 Å². The third-order valence-electron chi connectivity index (χ3n) is 13.7. The highest BCUT2D eigenvalue weighted by Crippen LogP contribution is 2.40. The molecule has 392 valence electrons. The molecule has 0 radical (unpaired) electrons. The summed E-state index contributed by atoms with van der Waals surface area (Å²) < 4.78 is 77.4. The molecule has 12 heteroatoms. The van der Waals surface area contributed by atoms with Gasteiger partial charge in [-0.3, -0.25) is 0 Å². The van der Waals surface area contributed by atoms with Gasteiger partial charge in [-0.1, -0.05) is 121 Å². The number of fused-ring (bicyclic) bond motifs is 26. The van der Waals surface area contributed by atoms with Gasteiger partial charge in [-0.05, 0) is 90.3 Å². The molecular formula is C64H64O12. The number of ether oxygens (including phenoxy) is 12. The molecular weight excluding hydrogens is 961 g/mol. The van der Waals surface area contributed by atoms with Crippen LogP contribution in [0.15, 0.2) is 146 Å². The topological polar surface area (TPSA) is 111 Å². The Kier molecular flexibility index (Phi) is 16.9. The second-order valence-corrected chi connectivity index (χ2v) is 18.9. The summed E-state index contributed by atoms with van der Waals surface area (Å²) in [5, 5.41) is 4.25. The summed E-state index contributed by atoms with van der Waals surface area (Å²) in [6.07, 6.45) is 2.18. The highest BCUT2D eigenvalue weighted by Gasteiger charge is 2.23. The highest BCUT2D eigenvalue weighted by atomic mass is 16.6. The van der Waals surface area contributed by atoms with Gasteiger partial charge in [-0.15, -0.1) is 0 Å². The van der Waals surface area contributed by atoms with Crippen LogP contribution in [0, 0.1) is 0 Å². The van der Waals surface area contributed by atoms with E-state index in [0.29, 0.717) is 154 Å². The van der Waals surface area contributed by atoms with Crippen molar-refractivity contribution < 1.29 is 56.8 Å². The molecule has 1 aliphatic carbocycles. The maximum absolute atomic E-state index is 6.86. The van der Waals surface area contributed by atoms with Gasteiger partial charge >= 0.3 is 0 Å². The molecule has 0 saturated heterocycles. The van der Waals surface area contributed by atoms with Crippen LogP contribution < -0.4 is 37.9 Å². The molecule has 13 rings (SSSR count). The van der Waals surface area contributed by atoms with Gasteiger partial charge in [-0.2, -0.15) is 0 Å². The number of benzene rings is 8. The van der Waals surface area contributed by atoms with Gasteiger partial charge in [0, 0.05) is 25.7 Å². The van der Waals surface area contributed by atoms with E-state index in [9.17, 15) is 0 Å². The summed E-state index contributed by atoms with van der Waals surface area (Å²) >= 11 is 0. The molecule has 12 bridgehead atoms. The zero-order valence-corrected chi connectivity index (χ0v) is 42.9. The zero-order valence-electron chi connectivity index (χ0n) is 42.9. The van der Waals surface area contributed by atoms with Crippen LogP contribution in [0.3, 0.4) is 0 Å². The van der Waals surface area contributed by atoms with E-state index in [1.165, 1.54) is 0 Å². The van der Waals surface area contributed by atoms with Crippen LogP contribution in [0.5, 0.6) is 46.0 Å². The molecule has 0 fully saturated rings. The van der Waals surface area contributed by atoms with E-state index in [1.54, 1.807) is 0 Å². The fraction of sp³-hybridized carbons (Fsp3) is 0.312. The molecule has 5 aliphatic rings. The molecule has 8 aromatic rings. The molecule has 0 atom stereocenters. The van der Waals surface area contributed by atoms with Gasteiger partial charge in [-0.25, -0.2) is 0 Å². The lowest BCUT2D eigenvalue weighted by Crippen LogP contribution is -2.15. The smallest absolute Gasteiger partial charge is 0.161 e. The second-order valence-electron chi connectivity index (χ2n) is 18.9. The monoisotopic (exact) mass is 1020 g/mol. The molecule has 8 aromatic carbocycles. The summed E-state index contributed by atoms with van der Waals surface area (Å²) in [5.74, 6) is 5.83. The van der Waals surface area contributed by atoms with Crippen molar-refractivity contribution in [3.63, 3.8) is 0 Å². The first kappa shape index (κ1) is 50.7.